The van der Waals surface area contributed by atoms with Crippen LogP contribution in [0.15, 0.2) is 29.8 Å². The largest absolute Gasteiger partial charge is 0.462 e. The zero-order valence-electron chi connectivity index (χ0n) is 10.3. The molecule has 0 radical (unpaired) electrons. The molecule has 0 aliphatic heterocycles. The summed E-state index contributed by atoms with van der Waals surface area (Å²) in [6.07, 6.45) is 1.39. The Labute approximate surface area is 105 Å². The summed E-state index contributed by atoms with van der Waals surface area (Å²) in [5, 5.41) is 8.93. The van der Waals surface area contributed by atoms with Gasteiger partial charge in [0.05, 0.1) is 18.2 Å². The maximum Gasteiger partial charge on any atom is 0.341 e. The van der Waals surface area contributed by atoms with Gasteiger partial charge in [-0.25, -0.2) is 4.79 Å². The van der Waals surface area contributed by atoms with Crippen LogP contribution in [0.25, 0.3) is 6.08 Å². The van der Waals surface area contributed by atoms with Crippen LogP contribution in [0, 0.1) is 11.3 Å². The number of Topliss-reactive ketones (excluding diaryl/α,β-unsaturated/α-hetero) is 1. The van der Waals surface area contributed by atoms with Gasteiger partial charge in [0.15, 0.2) is 5.78 Å². The van der Waals surface area contributed by atoms with E-state index in [2.05, 4.69) is 0 Å². The zero-order chi connectivity index (χ0) is 13.5. The molecule has 0 heterocycles. The van der Waals surface area contributed by atoms with Crippen LogP contribution in [-0.2, 0) is 14.3 Å². The van der Waals surface area contributed by atoms with Crippen LogP contribution >= 0.6 is 0 Å². The van der Waals surface area contributed by atoms with Crippen molar-refractivity contribution in [3.05, 3.63) is 41.0 Å². The van der Waals surface area contributed by atoms with Gasteiger partial charge in [-0.2, -0.15) is 5.26 Å². The van der Waals surface area contributed by atoms with Gasteiger partial charge in [0.2, 0.25) is 0 Å². The first kappa shape index (κ1) is 13.7. The van der Waals surface area contributed by atoms with E-state index in [1.54, 1.807) is 31.2 Å². The summed E-state index contributed by atoms with van der Waals surface area (Å²) in [6, 6.07) is 8.74. The molecular weight excluding hydrogens is 230 g/mol. The third-order valence-corrected chi connectivity index (χ3v) is 2.26. The summed E-state index contributed by atoms with van der Waals surface area (Å²) in [4.78, 5) is 23.0. The van der Waals surface area contributed by atoms with Crippen LogP contribution in [0.5, 0.6) is 0 Å². The first-order valence-corrected chi connectivity index (χ1v) is 5.49. The first-order valence-electron chi connectivity index (χ1n) is 5.49. The number of benzene rings is 1. The highest BCUT2D eigenvalue weighted by Gasteiger charge is 2.16. The van der Waals surface area contributed by atoms with Crippen molar-refractivity contribution in [2.24, 2.45) is 0 Å². The number of ether oxygens (including phenoxy) is 1. The standard InChI is InChI=1S/C14H13NO3/c1-3-18-14(17)13(10(2)16)8-11-6-4-5-7-12(11)9-15/h4-8H,3H2,1-2H3. The van der Waals surface area contributed by atoms with Gasteiger partial charge in [0, 0.05) is 0 Å². The second kappa shape index (κ2) is 6.36. The van der Waals surface area contributed by atoms with E-state index >= 15 is 0 Å². The quantitative estimate of drug-likeness (QED) is 0.351. The molecule has 0 amide bonds. The second-order valence-corrected chi connectivity index (χ2v) is 3.53. The minimum absolute atomic E-state index is 0.0560. The van der Waals surface area contributed by atoms with E-state index in [0.29, 0.717) is 11.1 Å². The van der Waals surface area contributed by atoms with Gasteiger partial charge in [-0.3, -0.25) is 4.79 Å². The SMILES string of the molecule is CCOC(=O)C(=Cc1ccccc1C#N)C(C)=O. The smallest absolute Gasteiger partial charge is 0.341 e. The highest BCUT2D eigenvalue weighted by atomic mass is 16.5. The van der Waals surface area contributed by atoms with E-state index in [-0.39, 0.29) is 18.0 Å². The Kier molecular flexibility index (Phi) is 4.82. The van der Waals surface area contributed by atoms with Gasteiger partial charge in [-0.1, -0.05) is 18.2 Å². The van der Waals surface area contributed by atoms with Crippen molar-refractivity contribution in [3.8, 4) is 6.07 Å². The summed E-state index contributed by atoms with van der Waals surface area (Å²) in [5.74, 6) is -1.06. The van der Waals surface area contributed by atoms with Crippen LogP contribution in [0.2, 0.25) is 0 Å². The molecule has 0 saturated heterocycles. The Hall–Kier alpha value is -2.41. The fraction of sp³-hybridized carbons (Fsp3) is 0.214. The van der Waals surface area contributed by atoms with Crippen LogP contribution in [-0.4, -0.2) is 18.4 Å². The molecule has 0 bridgehead atoms. The van der Waals surface area contributed by atoms with Gasteiger partial charge in [0.25, 0.3) is 0 Å². The molecule has 0 unspecified atom stereocenters. The van der Waals surface area contributed by atoms with Crippen molar-refractivity contribution in [2.75, 3.05) is 6.61 Å². The average Bonchev–Trinajstić information content (AvgIpc) is 2.36. The molecule has 0 atom stereocenters. The molecule has 18 heavy (non-hydrogen) atoms. The number of carbonyl (C=O) groups is 2. The lowest BCUT2D eigenvalue weighted by atomic mass is 10.0. The molecule has 0 fully saturated rings. The normalized spacial score (nSPS) is 10.6. The Morgan fingerprint density at radius 3 is 2.61 bits per heavy atom. The molecule has 0 N–H and O–H groups in total. The van der Waals surface area contributed by atoms with Crippen molar-refractivity contribution in [2.45, 2.75) is 13.8 Å². The number of carbonyl (C=O) groups excluding carboxylic acids is 2. The molecule has 0 spiro atoms. The lowest BCUT2D eigenvalue weighted by molar-refractivity contribution is -0.139. The maximum atomic E-state index is 11.6. The molecule has 0 aliphatic carbocycles. The van der Waals surface area contributed by atoms with Crippen molar-refractivity contribution < 1.29 is 14.3 Å². The molecule has 1 aromatic carbocycles. The molecule has 92 valence electrons. The van der Waals surface area contributed by atoms with Crippen molar-refractivity contribution in [3.63, 3.8) is 0 Å². The maximum absolute atomic E-state index is 11.6. The zero-order valence-corrected chi connectivity index (χ0v) is 10.3. The molecule has 0 aromatic heterocycles. The van der Waals surface area contributed by atoms with Crippen molar-refractivity contribution in [1.29, 1.82) is 5.26 Å². The number of nitriles is 1. The van der Waals surface area contributed by atoms with Gasteiger partial charge < -0.3 is 4.74 Å². The molecular formula is C14H13NO3. The molecule has 0 aliphatic rings. The minimum atomic E-state index is -0.669. The van der Waals surface area contributed by atoms with Gasteiger partial charge in [-0.15, -0.1) is 0 Å². The number of rotatable bonds is 4. The van der Waals surface area contributed by atoms with Crippen LogP contribution in [0.1, 0.15) is 25.0 Å². The number of hydrogen-bond acceptors (Lipinski definition) is 4. The second-order valence-electron chi connectivity index (χ2n) is 3.53. The van der Waals surface area contributed by atoms with Crippen LogP contribution in [0.4, 0.5) is 0 Å². The van der Waals surface area contributed by atoms with Gasteiger partial charge >= 0.3 is 5.97 Å². The monoisotopic (exact) mass is 243 g/mol. The summed E-state index contributed by atoms with van der Waals surface area (Å²) >= 11 is 0. The predicted molar refractivity (Wildman–Crippen MR) is 66.4 cm³/mol. The highest BCUT2D eigenvalue weighted by molar-refractivity contribution is 6.19. The Morgan fingerprint density at radius 1 is 1.39 bits per heavy atom. The summed E-state index contributed by atoms with van der Waals surface area (Å²) in [7, 11) is 0. The summed E-state index contributed by atoms with van der Waals surface area (Å²) in [6.45, 7) is 3.15. The van der Waals surface area contributed by atoms with Gasteiger partial charge in [-0.05, 0) is 31.6 Å². The Balaban J connectivity index is 3.21. The van der Waals surface area contributed by atoms with Crippen molar-refractivity contribution in [1.82, 2.24) is 0 Å². The van der Waals surface area contributed by atoms with E-state index < -0.39 is 5.97 Å². The molecule has 1 aromatic rings. The molecule has 0 saturated carbocycles. The molecule has 1 rings (SSSR count). The lowest BCUT2D eigenvalue weighted by Crippen LogP contribution is -2.13. The third-order valence-electron chi connectivity index (χ3n) is 2.26. The first-order chi connectivity index (χ1) is 8.60. The van der Waals surface area contributed by atoms with Crippen molar-refractivity contribution >= 4 is 17.8 Å². The predicted octanol–water partition coefficient (Wildman–Crippen LogP) is 2.09. The fourth-order valence-corrected chi connectivity index (χ4v) is 1.39. The molecule has 4 heteroatoms. The van der Waals surface area contributed by atoms with E-state index in [4.69, 9.17) is 10.00 Å². The highest BCUT2D eigenvalue weighted by Crippen LogP contribution is 2.14. The van der Waals surface area contributed by atoms with Crippen LogP contribution < -0.4 is 0 Å². The topological polar surface area (TPSA) is 67.2 Å². The number of nitrogens with zero attached hydrogens (tertiary/aromatic N) is 1. The minimum Gasteiger partial charge on any atom is -0.462 e. The number of ketones is 1. The average molecular weight is 243 g/mol. The Morgan fingerprint density at radius 2 is 2.06 bits per heavy atom. The van der Waals surface area contributed by atoms with E-state index in [0.717, 1.165) is 0 Å². The van der Waals surface area contributed by atoms with Crippen LogP contribution in [0.3, 0.4) is 0 Å². The Bertz CT molecular complexity index is 538. The lowest BCUT2D eigenvalue weighted by Gasteiger charge is -2.04. The van der Waals surface area contributed by atoms with Gasteiger partial charge in [0.1, 0.15) is 5.57 Å². The number of hydrogen-bond donors (Lipinski definition) is 0. The fourth-order valence-electron chi connectivity index (χ4n) is 1.39. The van der Waals surface area contributed by atoms with E-state index in [9.17, 15) is 9.59 Å². The summed E-state index contributed by atoms with van der Waals surface area (Å²) < 4.78 is 4.80. The summed E-state index contributed by atoms with van der Waals surface area (Å²) in [5.41, 5.74) is 0.873. The molecule has 4 nitrogen and oxygen atoms in total. The van der Waals surface area contributed by atoms with E-state index in [1.807, 2.05) is 6.07 Å². The third kappa shape index (κ3) is 3.29. The number of esters is 1. The van der Waals surface area contributed by atoms with E-state index in [1.165, 1.54) is 13.0 Å².